The van der Waals surface area contributed by atoms with Gasteiger partial charge in [0.15, 0.2) is 11.4 Å². The number of aryl methyl sites for hydroxylation is 1. The van der Waals surface area contributed by atoms with E-state index in [-0.39, 0.29) is 5.91 Å². The van der Waals surface area contributed by atoms with Crippen molar-refractivity contribution >= 4 is 49.7 Å². The first-order valence-electron chi connectivity index (χ1n) is 6.44. The topological polar surface area (TPSA) is 60.1 Å². The fourth-order valence-electron chi connectivity index (χ4n) is 2.22. The van der Waals surface area contributed by atoms with Crippen LogP contribution < -0.4 is 5.32 Å². The number of fused-ring (bicyclic) bond motifs is 3. The normalized spacial score (nSPS) is 11.3. The van der Waals surface area contributed by atoms with Crippen LogP contribution in [0.2, 0.25) is 0 Å². The molecule has 3 aromatic rings. The molecule has 2 heterocycles. The number of amides is 1. The molecule has 0 aliphatic heterocycles. The van der Waals surface area contributed by atoms with Crippen LogP contribution >= 0.6 is 15.9 Å². The summed E-state index contributed by atoms with van der Waals surface area (Å²) in [5, 5.41) is 8.24. The van der Waals surface area contributed by atoms with Crippen LogP contribution in [0.25, 0.3) is 22.1 Å². The highest BCUT2D eigenvalue weighted by Crippen LogP contribution is 2.34. The molecule has 6 heteroatoms. The largest absolute Gasteiger partial charge is 0.450 e. The second kappa shape index (κ2) is 4.94. The minimum atomic E-state index is -0.0287. The number of carbonyl (C=O) groups excluding carboxylic acids is 1. The average Bonchev–Trinajstić information content (AvgIpc) is 2.88. The van der Waals surface area contributed by atoms with Crippen LogP contribution in [0.4, 0.5) is 5.82 Å². The van der Waals surface area contributed by atoms with Gasteiger partial charge in [0.25, 0.3) is 0 Å². The molecule has 0 radical (unpaired) electrons. The quantitative estimate of drug-likeness (QED) is 0.791. The molecule has 0 saturated heterocycles. The van der Waals surface area contributed by atoms with Gasteiger partial charge in [-0.3, -0.25) is 4.79 Å². The number of hydrogen-bond acceptors (Lipinski definition) is 3. The summed E-state index contributed by atoms with van der Waals surface area (Å²) in [6.07, 6.45) is 1.29. The first-order valence-corrected chi connectivity index (χ1v) is 7.24. The fourth-order valence-corrected chi connectivity index (χ4v) is 2.58. The lowest BCUT2D eigenvalue weighted by Crippen LogP contribution is -2.13. The molecule has 0 unspecified atom stereocenters. The lowest BCUT2D eigenvalue weighted by Gasteiger charge is -2.03. The van der Waals surface area contributed by atoms with Gasteiger partial charge in [-0.2, -0.15) is 5.10 Å². The zero-order valence-corrected chi connectivity index (χ0v) is 12.8. The second-order valence-corrected chi connectivity index (χ2v) is 5.61. The maximum Gasteiger partial charge on any atom is 0.225 e. The van der Waals surface area contributed by atoms with E-state index in [4.69, 9.17) is 4.42 Å². The van der Waals surface area contributed by atoms with Crippen molar-refractivity contribution in [3.8, 4) is 0 Å². The van der Waals surface area contributed by atoms with Crippen molar-refractivity contribution in [3.63, 3.8) is 0 Å². The summed E-state index contributed by atoms with van der Waals surface area (Å²) < 4.78 is 8.43. The Morgan fingerprint density at radius 3 is 3.05 bits per heavy atom. The van der Waals surface area contributed by atoms with Crippen LogP contribution in [0.1, 0.15) is 19.8 Å². The minimum absolute atomic E-state index is 0.0287. The number of benzene rings is 1. The first kappa shape index (κ1) is 13.2. The van der Waals surface area contributed by atoms with Gasteiger partial charge in [0.2, 0.25) is 5.91 Å². The standard InChI is InChI=1S/C14H14BrN3O2/c1-3-4-11(19)16-14-13-12(17-18(14)2)9-7-8(15)5-6-10(9)20-13/h5-7H,3-4H2,1-2H3,(H,16,19). The van der Waals surface area contributed by atoms with Crippen molar-refractivity contribution in [1.29, 1.82) is 0 Å². The number of anilines is 1. The lowest BCUT2D eigenvalue weighted by molar-refractivity contribution is -0.116. The number of aromatic nitrogens is 2. The number of hydrogen-bond donors (Lipinski definition) is 1. The van der Waals surface area contributed by atoms with E-state index in [1.807, 2.05) is 25.1 Å². The lowest BCUT2D eigenvalue weighted by atomic mass is 10.2. The molecule has 0 atom stereocenters. The van der Waals surface area contributed by atoms with Crippen molar-refractivity contribution in [2.75, 3.05) is 5.32 Å². The summed E-state index contributed by atoms with van der Waals surface area (Å²) in [7, 11) is 1.79. The maximum absolute atomic E-state index is 11.8. The van der Waals surface area contributed by atoms with Crippen LogP contribution in [-0.4, -0.2) is 15.7 Å². The molecule has 0 aliphatic rings. The van der Waals surface area contributed by atoms with Crippen molar-refractivity contribution in [2.24, 2.45) is 7.05 Å². The van der Waals surface area contributed by atoms with Crippen molar-refractivity contribution in [3.05, 3.63) is 22.7 Å². The molecule has 0 bridgehead atoms. The molecule has 0 saturated carbocycles. The number of halogens is 1. The van der Waals surface area contributed by atoms with Crippen LogP contribution in [0.3, 0.4) is 0 Å². The van der Waals surface area contributed by atoms with Crippen LogP contribution in [-0.2, 0) is 11.8 Å². The van der Waals surface area contributed by atoms with Gasteiger partial charge in [0, 0.05) is 23.3 Å². The SMILES string of the molecule is CCCC(=O)Nc1c2oc3ccc(Br)cc3c2nn1C. The minimum Gasteiger partial charge on any atom is -0.450 e. The number of rotatable bonds is 3. The van der Waals surface area contributed by atoms with Crippen LogP contribution in [0.15, 0.2) is 27.1 Å². The molecule has 2 aromatic heterocycles. The van der Waals surface area contributed by atoms with E-state index in [0.717, 1.165) is 27.4 Å². The molecule has 0 fully saturated rings. The second-order valence-electron chi connectivity index (χ2n) is 4.69. The Morgan fingerprint density at radius 1 is 1.50 bits per heavy atom. The van der Waals surface area contributed by atoms with E-state index in [0.29, 0.717) is 17.8 Å². The number of carbonyl (C=O) groups is 1. The van der Waals surface area contributed by atoms with E-state index >= 15 is 0 Å². The van der Waals surface area contributed by atoms with Gasteiger partial charge in [0.05, 0.1) is 0 Å². The summed E-state index contributed by atoms with van der Waals surface area (Å²) in [5.74, 6) is 0.574. The van der Waals surface area contributed by atoms with E-state index in [1.165, 1.54) is 0 Å². The number of nitrogens with zero attached hydrogens (tertiary/aromatic N) is 2. The molecule has 0 aliphatic carbocycles. The van der Waals surface area contributed by atoms with Gasteiger partial charge < -0.3 is 9.73 Å². The summed E-state index contributed by atoms with van der Waals surface area (Å²) in [4.78, 5) is 11.8. The van der Waals surface area contributed by atoms with Crippen LogP contribution in [0, 0.1) is 0 Å². The third-order valence-corrected chi connectivity index (χ3v) is 3.64. The third-order valence-electron chi connectivity index (χ3n) is 3.15. The molecule has 1 N–H and O–H groups in total. The van der Waals surface area contributed by atoms with Gasteiger partial charge in [-0.1, -0.05) is 22.9 Å². The third kappa shape index (κ3) is 2.10. The van der Waals surface area contributed by atoms with Crippen molar-refractivity contribution < 1.29 is 9.21 Å². The Morgan fingerprint density at radius 2 is 2.30 bits per heavy atom. The molecule has 104 valence electrons. The predicted octanol–water partition coefficient (Wildman–Crippen LogP) is 3.82. The molecule has 3 rings (SSSR count). The fraction of sp³-hybridized carbons (Fsp3) is 0.286. The summed E-state index contributed by atoms with van der Waals surface area (Å²) in [6.45, 7) is 1.97. The Hall–Kier alpha value is -1.82. The molecule has 5 nitrogen and oxygen atoms in total. The summed E-state index contributed by atoms with van der Waals surface area (Å²) >= 11 is 3.44. The Bertz CT molecular complexity index is 804. The van der Waals surface area contributed by atoms with Gasteiger partial charge in [0.1, 0.15) is 11.1 Å². The molecule has 1 amide bonds. The monoisotopic (exact) mass is 335 g/mol. The predicted molar refractivity (Wildman–Crippen MR) is 81.7 cm³/mol. The van der Waals surface area contributed by atoms with Gasteiger partial charge in [-0.05, 0) is 24.6 Å². The van der Waals surface area contributed by atoms with E-state index in [9.17, 15) is 4.79 Å². The highest BCUT2D eigenvalue weighted by atomic mass is 79.9. The Balaban J connectivity index is 2.15. The van der Waals surface area contributed by atoms with Gasteiger partial charge in [-0.25, -0.2) is 4.68 Å². The zero-order chi connectivity index (χ0) is 14.3. The summed E-state index contributed by atoms with van der Waals surface area (Å²) in [6, 6.07) is 5.77. The highest BCUT2D eigenvalue weighted by Gasteiger charge is 2.18. The highest BCUT2D eigenvalue weighted by molar-refractivity contribution is 9.10. The first-order chi connectivity index (χ1) is 9.60. The van der Waals surface area contributed by atoms with E-state index in [1.54, 1.807) is 11.7 Å². The maximum atomic E-state index is 11.8. The molecule has 20 heavy (non-hydrogen) atoms. The molecule has 1 aromatic carbocycles. The number of furan rings is 1. The van der Waals surface area contributed by atoms with Gasteiger partial charge in [-0.15, -0.1) is 0 Å². The van der Waals surface area contributed by atoms with E-state index < -0.39 is 0 Å². The van der Waals surface area contributed by atoms with Crippen molar-refractivity contribution in [1.82, 2.24) is 9.78 Å². The molecular weight excluding hydrogens is 322 g/mol. The smallest absolute Gasteiger partial charge is 0.225 e. The summed E-state index contributed by atoms with van der Waals surface area (Å²) in [5.41, 5.74) is 2.14. The average molecular weight is 336 g/mol. The van der Waals surface area contributed by atoms with Gasteiger partial charge >= 0.3 is 0 Å². The van der Waals surface area contributed by atoms with E-state index in [2.05, 4.69) is 26.3 Å². The Kier molecular flexibility index (Phi) is 3.25. The van der Waals surface area contributed by atoms with Crippen molar-refractivity contribution in [2.45, 2.75) is 19.8 Å². The Labute approximate surface area is 124 Å². The van der Waals surface area contributed by atoms with Crippen LogP contribution in [0.5, 0.6) is 0 Å². The number of nitrogens with one attached hydrogen (secondary N) is 1. The molecule has 0 spiro atoms. The molecular formula is C14H14BrN3O2. The zero-order valence-electron chi connectivity index (χ0n) is 11.2.